The van der Waals surface area contributed by atoms with E-state index in [1.54, 1.807) is 4.90 Å². The van der Waals surface area contributed by atoms with Gasteiger partial charge in [0.1, 0.15) is 5.75 Å². The van der Waals surface area contributed by atoms with Crippen LogP contribution in [0.2, 0.25) is 0 Å². The van der Waals surface area contributed by atoms with Gasteiger partial charge in [-0.3, -0.25) is 4.79 Å². The Bertz CT molecular complexity index is 640. The highest BCUT2D eigenvalue weighted by Crippen LogP contribution is 2.16. The molecule has 0 heterocycles. The number of aliphatic hydroxyl groups excluding tert-OH is 1. The zero-order chi connectivity index (χ0) is 16.7. The normalized spacial score (nSPS) is 10.4. The maximum atomic E-state index is 12.4. The second kappa shape index (κ2) is 8.34. The minimum atomic E-state index is -0.138. The first-order valence-electron chi connectivity index (χ1n) is 7.73. The summed E-state index contributed by atoms with van der Waals surface area (Å²) in [7, 11) is 0. The fourth-order valence-electron chi connectivity index (χ4n) is 2.26. The average molecular weight is 313 g/mol. The van der Waals surface area contributed by atoms with E-state index in [4.69, 9.17) is 4.74 Å². The summed E-state index contributed by atoms with van der Waals surface area (Å²) in [4.78, 5) is 14.0. The molecule has 0 aromatic heterocycles. The van der Waals surface area contributed by atoms with Crippen LogP contribution >= 0.6 is 0 Å². The van der Waals surface area contributed by atoms with Gasteiger partial charge in [0, 0.05) is 13.1 Å². The molecule has 0 aliphatic rings. The van der Waals surface area contributed by atoms with Crippen molar-refractivity contribution in [1.29, 1.82) is 0 Å². The maximum Gasteiger partial charge on any atom is 0.260 e. The Morgan fingerprint density at radius 2 is 1.83 bits per heavy atom. The molecule has 23 heavy (non-hydrogen) atoms. The lowest BCUT2D eigenvalue weighted by atomic mass is 10.1. The Labute approximate surface area is 137 Å². The molecule has 0 atom stereocenters. The van der Waals surface area contributed by atoms with E-state index in [1.165, 1.54) is 5.56 Å². The van der Waals surface area contributed by atoms with Gasteiger partial charge in [-0.05, 0) is 42.7 Å². The fourth-order valence-corrected chi connectivity index (χ4v) is 2.26. The largest absolute Gasteiger partial charge is 0.484 e. The van der Waals surface area contributed by atoms with Gasteiger partial charge >= 0.3 is 0 Å². The summed E-state index contributed by atoms with van der Waals surface area (Å²) in [6.07, 6.45) is 0. The van der Waals surface area contributed by atoms with Gasteiger partial charge in [0.05, 0.1) is 6.61 Å². The maximum absolute atomic E-state index is 12.4. The predicted molar refractivity (Wildman–Crippen MR) is 90.4 cm³/mol. The molecule has 4 heteroatoms. The molecule has 0 radical (unpaired) electrons. The lowest BCUT2D eigenvalue weighted by Crippen LogP contribution is -2.36. The molecule has 0 aliphatic heterocycles. The summed E-state index contributed by atoms with van der Waals surface area (Å²) in [5.41, 5.74) is 3.35. The van der Waals surface area contributed by atoms with Crippen LogP contribution in [0.15, 0.2) is 48.5 Å². The zero-order valence-electron chi connectivity index (χ0n) is 13.7. The number of carbonyl (C=O) groups excluding carboxylic acids is 1. The van der Waals surface area contributed by atoms with E-state index in [2.05, 4.69) is 0 Å². The second-order valence-electron chi connectivity index (χ2n) is 5.56. The van der Waals surface area contributed by atoms with Crippen LogP contribution in [0, 0.1) is 13.8 Å². The van der Waals surface area contributed by atoms with E-state index in [1.807, 2.05) is 62.4 Å². The van der Waals surface area contributed by atoms with Crippen molar-refractivity contribution < 1.29 is 14.6 Å². The van der Waals surface area contributed by atoms with Crippen LogP contribution in [-0.2, 0) is 11.3 Å². The number of carbonyl (C=O) groups is 1. The van der Waals surface area contributed by atoms with Crippen molar-refractivity contribution in [2.45, 2.75) is 20.4 Å². The van der Waals surface area contributed by atoms with Gasteiger partial charge in [-0.2, -0.15) is 0 Å². The smallest absolute Gasteiger partial charge is 0.260 e. The molecule has 0 spiro atoms. The number of nitrogens with zero attached hydrogens (tertiary/aromatic N) is 1. The minimum absolute atomic E-state index is 0.0324. The van der Waals surface area contributed by atoms with Gasteiger partial charge in [-0.25, -0.2) is 0 Å². The molecule has 2 aromatic carbocycles. The molecule has 0 bridgehead atoms. The van der Waals surface area contributed by atoms with Gasteiger partial charge in [0.25, 0.3) is 5.91 Å². The zero-order valence-corrected chi connectivity index (χ0v) is 13.7. The molecule has 0 saturated heterocycles. The number of benzene rings is 2. The topological polar surface area (TPSA) is 49.8 Å². The third-order valence-electron chi connectivity index (χ3n) is 3.78. The fraction of sp³-hybridized carbons (Fsp3) is 0.316. The third-order valence-corrected chi connectivity index (χ3v) is 3.78. The second-order valence-corrected chi connectivity index (χ2v) is 5.56. The van der Waals surface area contributed by atoms with Crippen LogP contribution < -0.4 is 4.74 Å². The monoisotopic (exact) mass is 313 g/mol. The number of rotatable bonds is 7. The van der Waals surface area contributed by atoms with E-state index in [9.17, 15) is 9.90 Å². The van der Waals surface area contributed by atoms with Crippen LogP contribution in [0.3, 0.4) is 0 Å². The standard InChI is InChI=1S/C19H23NO3/c1-15-8-9-18(12-16(15)2)23-14-19(22)20(10-11-21)13-17-6-4-3-5-7-17/h3-9,12,21H,10-11,13-14H2,1-2H3. The molecule has 4 nitrogen and oxygen atoms in total. The molecule has 2 aromatic rings. The van der Waals surface area contributed by atoms with Crippen molar-refractivity contribution in [2.24, 2.45) is 0 Å². The third kappa shape index (κ3) is 5.11. The predicted octanol–water partition coefficient (Wildman–Crippen LogP) is 2.70. The molecule has 0 fully saturated rings. The van der Waals surface area contributed by atoms with Crippen LogP contribution in [-0.4, -0.2) is 35.7 Å². The van der Waals surface area contributed by atoms with E-state index in [-0.39, 0.29) is 19.1 Å². The summed E-state index contributed by atoms with van der Waals surface area (Å²) in [5, 5.41) is 9.18. The Kier molecular flexibility index (Phi) is 6.18. The van der Waals surface area contributed by atoms with E-state index in [0.717, 1.165) is 11.1 Å². The summed E-state index contributed by atoms with van der Waals surface area (Å²) in [6.45, 7) is 4.71. The molecule has 0 unspecified atom stereocenters. The summed E-state index contributed by atoms with van der Waals surface area (Å²) >= 11 is 0. The van der Waals surface area contributed by atoms with E-state index >= 15 is 0 Å². The number of hydrogen-bond acceptors (Lipinski definition) is 3. The van der Waals surface area contributed by atoms with Crippen LogP contribution in [0.4, 0.5) is 0 Å². The Balaban J connectivity index is 1.96. The van der Waals surface area contributed by atoms with E-state index < -0.39 is 0 Å². The average Bonchev–Trinajstić information content (AvgIpc) is 2.56. The van der Waals surface area contributed by atoms with Crippen molar-refractivity contribution in [1.82, 2.24) is 4.90 Å². The van der Waals surface area contributed by atoms with Gasteiger partial charge < -0.3 is 14.7 Å². The highest BCUT2D eigenvalue weighted by atomic mass is 16.5. The van der Waals surface area contributed by atoms with E-state index in [0.29, 0.717) is 18.8 Å². The first-order chi connectivity index (χ1) is 11.1. The molecule has 0 saturated carbocycles. The summed E-state index contributed by atoms with van der Waals surface area (Å²) < 4.78 is 5.60. The molecule has 1 amide bonds. The highest BCUT2D eigenvalue weighted by molar-refractivity contribution is 5.77. The van der Waals surface area contributed by atoms with Gasteiger partial charge in [0.15, 0.2) is 6.61 Å². The number of aliphatic hydroxyl groups is 1. The molecule has 122 valence electrons. The molecular weight excluding hydrogens is 290 g/mol. The van der Waals surface area contributed by atoms with Crippen LogP contribution in [0.1, 0.15) is 16.7 Å². The Morgan fingerprint density at radius 3 is 2.48 bits per heavy atom. The van der Waals surface area contributed by atoms with Crippen molar-refractivity contribution in [2.75, 3.05) is 19.8 Å². The van der Waals surface area contributed by atoms with Crippen molar-refractivity contribution in [3.05, 3.63) is 65.2 Å². The van der Waals surface area contributed by atoms with Gasteiger partial charge in [-0.15, -0.1) is 0 Å². The quantitative estimate of drug-likeness (QED) is 0.855. The number of hydrogen-bond donors (Lipinski definition) is 1. The van der Waals surface area contributed by atoms with Crippen LogP contribution in [0.25, 0.3) is 0 Å². The van der Waals surface area contributed by atoms with Gasteiger partial charge in [-0.1, -0.05) is 36.4 Å². The number of ether oxygens (including phenoxy) is 1. The Hall–Kier alpha value is -2.33. The minimum Gasteiger partial charge on any atom is -0.484 e. The SMILES string of the molecule is Cc1ccc(OCC(=O)N(CCO)Cc2ccccc2)cc1C. The van der Waals surface area contributed by atoms with Crippen LogP contribution in [0.5, 0.6) is 5.75 Å². The van der Waals surface area contributed by atoms with Crippen molar-refractivity contribution >= 4 is 5.91 Å². The lowest BCUT2D eigenvalue weighted by molar-refractivity contribution is -0.134. The molecule has 0 aliphatic carbocycles. The molecule has 1 N–H and O–H groups in total. The number of amides is 1. The lowest BCUT2D eigenvalue weighted by Gasteiger charge is -2.22. The molecule has 2 rings (SSSR count). The molecular formula is C19H23NO3. The summed E-state index contributed by atoms with van der Waals surface area (Å²) in [6, 6.07) is 15.5. The first kappa shape index (κ1) is 17.0. The highest BCUT2D eigenvalue weighted by Gasteiger charge is 2.14. The van der Waals surface area contributed by atoms with Gasteiger partial charge in [0.2, 0.25) is 0 Å². The Morgan fingerprint density at radius 1 is 1.09 bits per heavy atom. The number of aryl methyl sites for hydroxylation is 2. The van der Waals surface area contributed by atoms with Crippen molar-refractivity contribution in [3.63, 3.8) is 0 Å². The first-order valence-corrected chi connectivity index (χ1v) is 7.73. The summed E-state index contributed by atoms with van der Waals surface area (Å²) in [5.74, 6) is 0.547. The van der Waals surface area contributed by atoms with Crippen molar-refractivity contribution in [3.8, 4) is 5.75 Å².